The predicted octanol–water partition coefficient (Wildman–Crippen LogP) is 14.0. The largest absolute Gasteiger partial charge is 0.0622 e. The van der Waals surface area contributed by atoms with E-state index in [2.05, 4.69) is 194 Å². The molecule has 1 aliphatic rings. The molecule has 0 bridgehead atoms. The zero-order valence-electron chi connectivity index (χ0n) is 27.5. The Kier molecular flexibility index (Phi) is 6.60. The molecule has 0 saturated carbocycles. The zero-order chi connectivity index (χ0) is 33.0. The minimum atomic E-state index is 1.22. The lowest BCUT2D eigenvalue weighted by atomic mass is 9.83. The molecule has 10 rings (SSSR count). The first-order chi connectivity index (χ1) is 24.8. The second-order valence-corrected chi connectivity index (χ2v) is 13.2. The second kappa shape index (κ2) is 11.6. The molecule has 0 spiro atoms. The maximum Gasteiger partial charge on any atom is -0.00137 e. The predicted molar refractivity (Wildman–Crippen MR) is 213 cm³/mol. The van der Waals surface area contributed by atoms with E-state index in [4.69, 9.17) is 0 Å². The standard InChI is InChI=1S/C50H32/c1-4-14-33(15-5-1)40-27-26-39(32-45(40)34-16-6-2-7-17-34)41-28-29-42(50-44-25-13-23-36-22-12-24-43(48(36)44)49(41)50)47-31-38-21-11-10-20-37(38)30-46(47)35-18-8-3-9-19-35/h1-32H. The fourth-order valence-electron chi connectivity index (χ4n) is 8.14. The Morgan fingerprint density at radius 3 is 1.24 bits per heavy atom. The second-order valence-electron chi connectivity index (χ2n) is 13.2. The van der Waals surface area contributed by atoms with Gasteiger partial charge < -0.3 is 0 Å². The summed E-state index contributed by atoms with van der Waals surface area (Å²) in [6.07, 6.45) is 0. The topological polar surface area (TPSA) is 0 Å². The van der Waals surface area contributed by atoms with Crippen molar-refractivity contribution in [2.24, 2.45) is 0 Å². The highest BCUT2D eigenvalue weighted by atomic mass is 14.3. The van der Waals surface area contributed by atoms with Crippen LogP contribution in [0.3, 0.4) is 0 Å². The van der Waals surface area contributed by atoms with E-state index in [0.717, 1.165) is 0 Å². The van der Waals surface area contributed by atoms with Gasteiger partial charge in [-0.1, -0.05) is 176 Å². The van der Waals surface area contributed by atoms with Gasteiger partial charge in [-0.15, -0.1) is 0 Å². The molecule has 0 aromatic heterocycles. The van der Waals surface area contributed by atoms with Gasteiger partial charge in [-0.25, -0.2) is 0 Å². The molecule has 9 aromatic rings. The molecule has 0 atom stereocenters. The molecule has 0 amide bonds. The molecule has 50 heavy (non-hydrogen) atoms. The Morgan fingerprint density at radius 1 is 0.200 bits per heavy atom. The third kappa shape index (κ3) is 4.54. The van der Waals surface area contributed by atoms with Crippen LogP contribution in [-0.4, -0.2) is 0 Å². The van der Waals surface area contributed by atoms with Crippen molar-refractivity contribution < 1.29 is 0 Å². The lowest BCUT2D eigenvalue weighted by Crippen LogP contribution is -1.93. The molecule has 0 N–H and O–H groups in total. The van der Waals surface area contributed by atoms with E-state index in [0.29, 0.717) is 0 Å². The lowest BCUT2D eigenvalue weighted by Gasteiger charge is -2.20. The fourth-order valence-corrected chi connectivity index (χ4v) is 8.14. The van der Waals surface area contributed by atoms with Gasteiger partial charge in [0.05, 0.1) is 0 Å². The van der Waals surface area contributed by atoms with Crippen molar-refractivity contribution in [2.45, 2.75) is 0 Å². The van der Waals surface area contributed by atoms with E-state index >= 15 is 0 Å². The highest BCUT2D eigenvalue weighted by Crippen LogP contribution is 2.56. The summed E-state index contributed by atoms with van der Waals surface area (Å²) in [5.41, 5.74) is 17.6. The molecule has 0 saturated heterocycles. The van der Waals surface area contributed by atoms with E-state index in [-0.39, 0.29) is 0 Å². The number of rotatable bonds is 5. The molecule has 0 unspecified atom stereocenters. The van der Waals surface area contributed by atoms with Crippen molar-refractivity contribution in [3.63, 3.8) is 0 Å². The minimum Gasteiger partial charge on any atom is -0.0622 e. The van der Waals surface area contributed by atoms with Gasteiger partial charge in [-0.3, -0.25) is 0 Å². The van der Waals surface area contributed by atoms with Crippen LogP contribution in [0, 0.1) is 0 Å². The maximum atomic E-state index is 2.40. The van der Waals surface area contributed by atoms with E-state index in [1.54, 1.807) is 0 Å². The summed E-state index contributed by atoms with van der Waals surface area (Å²) >= 11 is 0. The summed E-state index contributed by atoms with van der Waals surface area (Å²) < 4.78 is 0. The Labute approximate surface area is 292 Å². The Bertz CT molecular complexity index is 2710. The van der Waals surface area contributed by atoms with Gasteiger partial charge in [-0.2, -0.15) is 0 Å². The summed E-state index contributed by atoms with van der Waals surface area (Å²) in [4.78, 5) is 0. The van der Waals surface area contributed by atoms with Gasteiger partial charge >= 0.3 is 0 Å². The number of hydrogen-bond donors (Lipinski definition) is 0. The van der Waals surface area contributed by atoms with E-state index in [1.807, 2.05) is 0 Å². The summed E-state index contributed by atoms with van der Waals surface area (Å²) in [6.45, 7) is 0. The molecule has 1 aliphatic carbocycles. The quantitative estimate of drug-likeness (QED) is 0.177. The van der Waals surface area contributed by atoms with Crippen molar-refractivity contribution >= 4 is 21.5 Å². The first-order valence-electron chi connectivity index (χ1n) is 17.4. The number of fused-ring (bicyclic) bond motifs is 4. The summed E-state index contributed by atoms with van der Waals surface area (Å²) in [5.74, 6) is 0. The van der Waals surface area contributed by atoms with Crippen molar-refractivity contribution in [1.82, 2.24) is 0 Å². The molecule has 0 heterocycles. The molecular formula is C50H32. The molecule has 0 fully saturated rings. The highest BCUT2D eigenvalue weighted by Gasteiger charge is 2.28. The summed E-state index contributed by atoms with van der Waals surface area (Å²) in [7, 11) is 0. The monoisotopic (exact) mass is 632 g/mol. The van der Waals surface area contributed by atoms with Crippen LogP contribution in [0.1, 0.15) is 0 Å². The average Bonchev–Trinajstić information content (AvgIpc) is 3.54. The van der Waals surface area contributed by atoms with Gasteiger partial charge in [0.2, 0.25) is 0 Å². The first kappa shape index (κ1) is 28.5. The molecule has 232 valence electrons. The number of hydrogen-bond acceptors (Lipinski definition) is 0. The maximum absolute atomic E-state index is 2.40. The van der Waals surface area contributed by atoms with E-state index in [9.17, 15) is 0 Å². The molecule has 0 aliphatic heterocycles. The Morgan fingerprint density at radius 2 is 0.640 bits per heavy atom. The average molecular weight is 633 g/mol. The van der Waals surface area contributed by atoms with Gasteiger partial charge in [0.1, 0.15) is 0 Å². The normalized spacial score (nSPS) is 11.6. The van der Waals surface area contributed by atoms with Crippen LogP contribution < -0.4 is 0 Å². The van der Waals surface area contributed by atoms with Crippen molar-refractivity contribution in [1.29, 1.82) is 0 Å². The molecule has 0 heteroatoms. The first-order valence-corrected chi connectivity index (χ1v) is 17.4. The van der Waals surface area contributed by atoms with Crippen LogP contribution in [0.25, 0.3) is 99.4 Å². The zero-order valence-corrected chi connectivity index (χ0v) is 27.5. The van der Waals surface area contributed by atoms with Crippen LogP contribution >= 0.6 is 0 Å². The van der Waals surface area contributed by atoms with Crippen molar-refractivity contribution in [3.8, 4) is 77.9 Å². The number of benzene rings is 9. The highest BCUT2D eigenvalue weighted by molar-refractivity contribution is 6.21. The van der Waals surface area contributed by atoms with Gasteiger partial charge in [0.15, 0.2) is 0 Å². The Hall–Kier alpha value is -6.50. The Balaban J connectivity index is 1.28. The molecular weight excluding hydrogens is 601 g/mol. The van der Waals surface area contributed by atoms with Crippen LogP contribution in [0.5, 0.6) is 0 Å². The summed E-state index contributed by atoms with van der Waals surface area (Å²) in [6, 6.07) is 71.3. The molecule has 0 radical (unpaired) electrons. The van der Waals surface area contributed by atoms with Crippen LogP contribution in [0.2, 0.25) is 0 Å². The fraction of sp³-hybridized carbons (Fsp3) is 0. The molecule has 9 aromatic carbocycles. The smallest absolute Gasteiger partial charge is 0.00137 e. The minimum absolute atomic E-state index is 1.22. The van der Waals surface area contributed by atoms with Crippen LogP contribution in [0.4, 0.5) is 0 Å². The van der Waals surface area contributed by atoms with Gasteiger partial charge in [0.25, 0.3) is 0 Å². The third-order valence-electron chi connectivity index (χ3n) is 10.4. The summed E-state index contributed by atoms with van der Waals surface area (Å²) in [5, 5.41) is 5.11. The van der Waals surface area contributed by atoms with E-state index in [1.165, 1.54) is 99.4 Å². The molecule has 0 nitrogen and oxygen atoms in total. The van der Waals surface area contributed by atoms with Gasteiger partial charge in [0, 0.05) is 0 Å². The van der Waals surface area contributed by atoms with Crippen LogP contribution in [-0.2, 0) is 0 Å². The van der Waals surface area contributed by atoms with Crippen molar-refractivity contribution in [2.75, 3.05) is 0 Å². The van der Waals surface area contributed by atoms with E-state index < -0.39 is 0 Å². The van der Waals surface area contributed by atoms with Gasteiger partial charge in [-0.05, 0) is 118 Å². The lowest BCUT2D eigenvalue weighted by molar-refractivity contribution is 1.56. The van der Waals surface area contributed by atoms with Crippen LogP contribution in [0.15, 0.2) is 194 Å². The van der Waals surface area contributed by atoms with Crippen molar-refractivity contribution in [3.05, 3.63) is 194 Å². The third-order valence-corrected chi connectivity index (χ3v) is 10.4. The SMILES string of the molecule is c1ccc(-c2ccc(-c3ccc(-c4cc5ccccc5cc4-c4ccccc4)c4c3-c3cccc5cccc-4c35)cc2-c2ccccc2)cc1.